The van der Waals surface area contributed by atoms with Gasteiger partial charge in [0.05, 0.1) is 6.42 Å². The molecule has 0 saturated heterocycles. The average molecular weight is 421 g/mol. The lowest BCUT2D eigenvalue weighted by Gasteiger charge is -2.22. The Hall–Kier alpha value is -1.71. The molecule has 0 bridgehead atoms. The second-order valence-corrected chi connectivity index (χ2v) is 8.89. The third-order valence-electron chi connectivity index (χ3n) is 5.70. The number of phenolic OH excluding ortho intramolecular Hbond substituents is 2. The van der Waals surface area contributed by atoms with Crippen LogP contribution in [-0.2, 0) is 16.0 Å². The van der Waals surface area contributed by atoms with E-state index >= 15 is 0 Å². The van der Waals surface area contributed by atoms with E-state index < -0.39 is 0 Å². The molecule has 0 amide bonds. The molecule has 0 radical (unpaired) electrons. The second kappa shape index (κ2) is 16.0. The molecule has 4 nitrogen and oxygen atoms in total. The Bertz CT molecular complexity index is 564. The average Bonchev–Trinajstić information content (AvgIpc) is 2.66. The number of hydrogen-bond acceptors (Lipinski definition) is 4. The first kappa shape index (κ1) is 26.3. The molecule has 30 heavy (non-hydrogen) atoms. The highest BCUT2D eigenvalue weighted by Gasteiger charge is 2.18. The molecule has 172 valence electrons. The maximum atomic E-state index is 12.5. The maximum absolute atomic E-state index is 12.5. The molecule has 2 N–H and O–H groups in total. The lowest BCUT2D eigenvalue weighted by Crippen LogP contribution is -2.22. The van der Waals surface area contributed by atoms with E-state index in [4.69, 9.17) is 4.74 Å². The van der Waals surface area contributed by atoms with Crippen molar-refractivity contribution in [2.45, 2.75) is 117 Å². The third-order valence-corrected chi connectivity index (χ3v) is 5.70. The van der Waals surface area contributed by atoms with Crippen molar-refractivity contribution >= 4 is 5.97 Å². The molecule has 4 heteroatoms. The highest BCUT2D eigenvalue weighted by molar-refractivity contribution is 5.73. The Labute approximate surface area is 184 Å². The van der Waals surface area contributed by atoms with Crippen molar-refractivity contribution in [1.82, 2.24) is 0 Å². The fourth-order valence-electron chi connectivity index (χ4n) is 4.02. The van der Waals surface area contributed by atoms with Crippen LogP contribution in [0.4, 0.5) is 0 Å². The monoisotopic (exact) mass is 420 g/mol. The Morgan fingerprint density at radius 1 is 0.833 bits per heavy atom. The van der Waals surface area contributed by atoms with Gasteiger partial charge in [-0.2, -0.15) is 0 Å². The third kappa shape index (κ3) is 12.8. The number of unbranched alkanes of at least 4 members (excludes halogenated alkanes) is 8. The number of carbonyl (C=O) groups excluding carboxylic acids is 1. The first-order valence-electron chi connectivity index (χ1n) is 12.2. The zero-order valence-corrected chi connectivity index (χ0v) is 19.5. The zero-order chi connectivity index (χ0) is 22.2. The summed E-state index contributed by atoms with van der Waals surface area (Å²) >= 11 is 0. The van der Waals surface area contributed by atoms with E-state index in [1.54, 1.807) is 0 Å². The lowest BCUT2D eigenvalue weighted by atomic mass is 9.94. The number of hydrogen-bond donors (Lipinski definition) is 2. The molecule has 0 heterocycles. The first-order chi connectivity index (χ1) is 14.4. The van der Waals surface area contributed by atoms with Crippen LogP contribution in [0.5, 0.6) is 11.5 Å². The van der Waals surface area contributed by atoms with Crippen LogP contribution in [0.15, 0.2) is 18.2 Å². The van der Waals surface area contributed by atoms with Crippen LogP contribution in [0.1, 0.15) is 110 Å². The second-order valence-electron chi connectivity index (χ2n) is 8.89. The zero-order valence-electron chi connectivity index (χ0n) is 19.5. The van der Waals surface area contributed by atoms with Gasteiger partial charge in [0.25, 0.3) is 0 Å². The smallest absolute Gasteiger partial charge is 0.310 e. The van der Waals surface area contributed by atoms with Crippen LogP contribution in [0.2, 0.25) is 0 Å². The van der Waals surface area contributed by atoms with Crippen molar-refractivity contribution in [1.29, 1.82) is 0 Å². The minimum atomic E-state index is -0.284. The summed E-state index contributed by atoms with van der Waals surface area (Å²) in [5, 5.41) is 19.2. The normalized spacial score (nSPS) is 13.2. The Morgan fingerprint density at radius 3 is 2.00 bits per heavy atom. The molecular weight excluding hydrogens is 376 g/mol. The minimum Gasteiger partial charge on any atom is -0.508 e. The van der Waals surface area contributed by atoms with Gasteiger partial charge in [-0.3, -0.25) is 4.79 Å². The highest BCUT2D eigenvalue weighted by Crippen LogP contribution is 2.23. The van der Waals surface area contributed by atoms with Gasteiger partial charge in [0.1, 0.15) is 17.6 Å². The SMILES string of the molecule is CCCCCCCCCC(CC(C)CCCCC)OC(=O)Cc1cc(O)cc(O)c1. The highest BCUT2D eigenvalue weighted by atomic mass is 16.5. The number of phenols is 2. The van der Waals surface area contributed by atoms with Gasteiger partial charge in [0, 0.05) is 6.07 Å². The van der Waals surface area contributed by atoms with E-state index in [9.17, 15) is 15.0 Å². The van der Waals surface area contributed by atoms with E-state index in [1.807, 2.05) is 0 Å². The fraction of sp³-hybridized carbons (Fsp3) is 0.731. The number of aromatic hydroxyl groups is 2. The summed E-state index contributed by atoms with van der Waals surface area (Å²) in [6.07, 6.45) is 15.5. The molecule has 0 aliphatic heterocycles. The summed E-state index contributed by atoms with van der Waals surface area (Å²) in [6.45, 7) is 6.71. The van der Waals surface area contributed by atoms with Crippen LogP contribution in [-0.4, -0.2) is 22.3 Å². The van der Waals surface area contributed by atoms with Crippen molar-refractivity contribution in [3.8, 4) is 11.5 Å². The molecule has 2 unspecified atom stereocenters. The Morgan fingerprint density at radius 2 is 1.37 bits per heavy atom. The van der Waals surface area contributed by atoms with Crippen LogP contribution in [0.3, 0.4) is 0 Å². The van der Waals surface area contributed by atoms with Crippen molar-refractivity contribution in [2.24, 2.45) is 5.92 Å². The van der Waals surface area contributed by atoms with E-state index in [-0.39, 0.29) is 30.0 Å². The topological polar surface area (TPSA) is 66.8 Å². The summed E-state index contributed by atoms with van der Waals surface area (Å²) in [4.78, 5) is 12.5. The van der Waals surface area contributed by atoms with Crippen LogP contribution < -0.4 is 0 Å². The molecule has 0 aliphatic carbocycles. The van der Waals surface area contributed by atoms with Crippen LogP contribution in [0, 0.1) is 5.92 Å². The predicted molar refractivity (Wildman–Crippen MR) is 124 cm³/mol. The molecule has 0 aromatic heterocycles. The number of ether oxygens (including phenoxy) is 1. The first-order valence-corrected chi connectivity index (χ1v) is 12.2. The quantitative estimate of drug-likeness (QED) is 0.205. The largest absolute Gasteiger partial charge is 0.508 e. The summed E-state index contributed by atoms with van der Waals surface area (Å²) in [7, 11) is 0. The van der Waals surface area contributed by atoms with E-state index in [0.29, 0.717) is 11.5 Å². The van der Waals surface area contributed by atoms with Crippen LogP contribution in [0.25, 0.3) is 0 Å². The van der Waals surface area contributed by atoms with Crippen molar-refractivity contribution in [3.63, 3.8) is 0 Å². The number of rotatable bonds is 17. The molecular formula is C26H44O4. The van der Waals surface area contributed by atoms with Crippen LogP contribution >= 0.6 is 0 Å². The molecule has 0 spiro atoms. The van der Waals surface area contributed by atoms with E-state index in [2.05, 4.69) is 20.8 Å². The molecule has 0 saturated carbocycles. The molecule has 0 fully saturated rings. The minimum absolute atomic E-state index is 0.0398. The molecule has 1 rings (SSSR count). The van der Waals surface area contributed by atoms with Crippen molar-refractivity contribution in [3.05, 3.63) is 23.8 Å². The van der Waals surface area contributed by atoms with Gasteiger partial charge in [-0.1, -0.05) is 85.0 Å². The van der Waals surface area contributed by atoms with Gasteiger partial charge >= 0.3 is 5.97 Å². The number of carbonyl (C=O) groups is 1. The predicted octanol–water partition coefficient (Wildman–Crippen LogP) is 7.30. The van der Waals surface area contributed by atoms with Crippen molar-refractivity contribution < 1.29 is 19.7 Å². The lowest BCUT2D eigenvalue weighted by molar-refractivity contribution is -0.149. The molecule has 1 aromatic carbocycles. The van der Waals surface area contributed by atoms with Gasteiger partial charge in [-0.25, -0.2) is 0 Å². The molecule has 2 atom stereocenters. The van der Waals surface area contributed by atoms with Gasteiger partial charge in [-0.15, -0.1) is 0 Å². The maximum Gasteiger partial charge on any atom is 0.310 e. The van der Waals surface area contributed by atoms with E-state index in [1.165, 1.54) is 82.4 Å². The summed E-state index contributed by atoms with van der Waals surface area (Å²) in [5.41, 5.74) is 0.572. The number of esters is 1. The van der Waals surface area contributed by atoms with Gasteiger partial charge < -0.3 is 14.9 Å². The fourth-order valence-corrected chi connectivity index (χ4v) is 4.02. The van der Waals surface area contributed by atoms with Crippen molar-refractivity contribution in [2.75, 3.05) is 0 Å². The number of benzene rings is 1. The standard InChI is InChI=1S/C26H44O4/c1-4-6-8-9-10-11-13-15-25(16-21(3)14-12-7-5-2)30-26(29)19-22-17-23(27)20-24(28)18-22/h17-18,20-21,25,27-28H,4-16,19H2,1-3H3. The summed E-state index contributed by atoms with van der Waals surface area (Å²) < 4.78 is 5.85. The Balaban J connectivity index is 2.52. The van der Waals surface area contributed by atoms with Gasteiger partial charge in [0.2, 0.25) is 0 Å². The molecule has 1 aromatic rings. The Kier molecular flexibility index (Phi) is 14.1. The summed E-state index contributed by atoms with van der Waals surface area (Å²) in [5.74, 6) is 0.182. The summed E-state index contributed by atoms with van der Waals surface area (Å²) in [6, 6.07) is 4.26. The molecule has 0 aliphatic rings. The van der Waals surface area contributed by atoms with Gasteiger partial charge in [0.15, 0.2) is 0 Å². The van der Waals surface area contributed by atoms with Gasteiger partial charge in [-0.05, 0) is 42.9 Å². The van der Waals surface area contributed by atoms with E-state index in [0.717, 1.165) is 19.3 Å².